The van der Waals surface area contributed by atoms with Gasteiger partial charge < -0.3 is 0 Å². The summed E-state index contributed by atoms with van der Waals surface area (Å²) in [5.74, 6) is 0.217. The number of ketones is 1. The van der Waals surface area contributed by atoms with Gasteiger partial charge in [0.2, 0.25) is 0 Å². The highest BCUT2D eigenvalue weighted by molar-refractivity contribution is 9.10. The van der Waals surface area contributed by atoms with Crippen LogP contribution in [0.5, 0.6) is 0 Å². The van der Waals surface area contributed by atoms with Gasteiger partial charge >= 0.3 is 0 Å². The van der Waals surface area contributed by atoms with E-state index in [4.69, 9.17) is 11.6 Å². The van der Waals surface area contributed by atoms with Crippen molar-refractivity contribution in [2.24, 2.45) is 0 Å². The lowest BCUT2D eigenvalue weighted by Crippen LogP contribution is -2.09. The Morgan fingerprint density at radius 1 is 1.35 bits per heavy atom. The molecular formula is C14H14BrClO. The highest BCUT2D eigenvalue weighted by Crippen LogP contribution is 2.24. The zero-order valence-electron chi connectivity index (χ0n) is 9.51. The van der Waals surface area contributed by atoms with Gasteiger partial charge in [0.15, 0.2) is 5.78 Å². The van der Waals surface area contributed by atoms with E-state index in [2.05, 4.69) is 22.0 Å². The van der Waals surface area contributed by atoms with E-state index in [0.29, 0.717) is 11.4 Å². The van der Waals surface area contributed by atoms with Gasteiger partial charge in [-0.15, -0.1) is 0 Å². The minimum atomic E-state index is 0.217. The molecule has 0 N–H and O–H groups in total. The fraction of sp³-hybridized carbons (Fsp3) is 0.357. The average molecular weight is 314 g/mol. The molecule has 1 aromatic carbocycles. The highest BCUT2D eigenvalue weighted by atomic mass is 79.9. The molecule has 1 aromatic rings. The maximum absolute atomic E-state index is 12.1. The van der Waals surface area contributed by atoms with Crippen LogP contribution in [-0.4, -0.2) is 5.78 Å². The van der Waals surface area contributed by atoms with E-state index in [1.54, 1.807) is 0 Å². The third-order valence-electron chi connectivity index (χ3n) is 3.02. The van der Waals surface area contributed by atoms with Gasteiger partial charge in [-0.1, -0.05) is 39.7 Å². The molecule has 0 aromatic heterocycles. The van der Waals surface area contributed by atoms with E-state index in [1.165, 1.54) is 6.42 Å². The third-order valence-corrected chi connectivity index (χ3v) is 3.86. The predicted molar refractivity (Wildman–Crippen MR) is 74.4 cm³/mol. The zero-order chi connectivity index (χ0) is 12.3. The molecule has 0 unspecified atom stereocenters. The Bertz CT molecular complexity index is 465. The molecule has 0 saturated heterocycles. The van der Waals surface area contributed by atoms with Crippen molar-refractivity contribution in [3.63, 3.8) is 0 Å². The van der Waals surface area contributed by atoms with Crippen LogP contribution in [-0.2, 0) is 11.2 Å². The standard InChI is InChI=1S/C14H14BrClO/c15-12-7-6-11(13(16)9-12)8-14(17)10-4-2-1-3-5-10/h4,6-7,9H,1-3,5,8H2. The number of halogens is 2. The van der Waals surface area contributed by atoms with Crippen LogP contribution in [0.2, 0.25) is 5.02 Å². The molecule has 90 valence electrons. The summed E-state index contributed by atoms with van der Waals surface area (Å²) in [6.45, 7) is 0. The molecule has 1 nitrogen and oxygen atoms in total. The van der Waals surface area contributed by atoms with Crippen molar-refractivity contribution >= 4 is 33.3 Å². The summed E-state index contributed by atoms with van der Waals surface area (Å²) in [6, 6.07) is 5.66. The Kier molecular flexibility index (Phi) is 4.41. The predicted octanol–water partition coefficient (Wildman–Crippen LogP) is 4.71. The molecule has 0 atom stereocenters. The number of Topliss-reactive ketones (excluding diaryl/α,β-unsaturated/α-hetero) is 1. The number of carbonyl (C=O) groups is 1. The molecular weight excluding hydrogens is 300 g/mol. The van der Waals surface area contributed by atoms with Gasteiger partial charge in [0.05, 0.1) is 0 Å². The Morgan fingerprint density at radius 2 is 2.18 bits per heavy atom. The maximum Gasteiger partial charge on any atom is 0.162 e. The van der Waals surface area contributed by atoms with Gasteiger partial charge in [-0.3, -0.25) is 4.79 Å². The van der Waals surface area contributed by atoms with Crippen LogP contribution < -0.4 is 0 Å². The van der Waals surface area contributed by atoms with Crippen LogP contribution in [0.15, 0.2) is 34.3 Å². The molecule has 1 aliphatic rings. The highest BCUT2D eigenvalue weighted by Gasteiger charge is 2.14. The molecule has 1 aliphatic carbocycles. The smallest absolute Gasteiger partial charge is 0.162 e. The first kappa shape index (κ1) is 12.8. The second kappa shape index (κ2) is 5.83. The van der Waals surface area contributed by atoms with Crippen LogP contribution in [0.4, 0.5) is 0 Å². The number of carbonyl (C=O) groups excluding carboxylic acids is 1. The monoisotopic (exact) mass is 312 g/mol. The lowest BCUT2D eigenvalue weighted by atomic mass is 9.93. The third kappa shape index (κ3) is 3.43. The first-order chi connectivity index (χ1) is 8.16. The normalized spacial score (nSPS) is 15.5. The van der Waals surface area contributed by atoms with Crippen LogP contribution in [0.3, 0.4) is 0 Å². The van der Waals surface area contributed by atoms with Crippen molar-refractivity contribution < 1.29 is 4.79 Å². The summed E-state index contributed by atoms with van der Waals surface area (Å²) in [5.41, 5.74) is 1.89. The Morgan fingerprint density at radius 3 is 2.82 bits per heavy atom. The van der Waals surface area contributed by atoms with Crippen LogP contribution in [0, 0.1) is 0 Å². The quantitative estimate of drug-likeness (QED) is 0.789. The molecule has 0 fully saturated rings. The van der Waals surface area contributed by atoms with Crippen LogP contribution >= 0.6 is 27.5 Å². The topological polar surface area (TPSA) is 17.1 Å². The summed E-state index contributed by atoms with van der Waals surface area (Å²) in [7, 11) is 0. The summed E-state index contributed by atoms with van der Waals surface area (Å²) in [6.07, 6.45) is 6.79. The molecule has 0 saturated carbocycles. The zero-order valence-corrected chi connectivity index (χ0v) is 11.9. The van der Waals surface area contributed by atoms with Gasteiger partial charge in [-0.25, -0.2) is 0 Å². The second-order valence-electron chi connectivity index (χ2n) is 4.31. The van der Waals surface area contributed by atoms with Crippen molar-refractivity contribution in [1.82, 2.24) is 0 Å². The van der Waals surface area contributed by atoms with E-state index in [1.807, 2.05) is 18.2 Å². The average Bonchev–Trinajstić information content (AvgIpc) is 2.34. The molecule has 3 heteroatoms. The molecule has 0 radical (unpaired) electrons. The fourth-order valence-electron chi connectivity index (χ4n) is 2.04. The molecule has 0 aliphatic heterocycles. The van der Waals surface area contributed by atoms with Crippen molar-refractivity contribution in [3.05, 3.63) is 44.9 Å². The summed E-state index contributed by atoms with van der Waals surface area (Å²) in [4.78, 5) is 12.1. The van der Waals surface area contributed by atoms with Crippen molar-refractivity contribution in [1.29, 1.82) is 0 Å². The SMILES string of the molecule is O=C(Cc1ccc(Br)cc1Cl)C1=CCCCC1. The molecule has 0 heterocycles. The van der Waals surface area contributed by atoms with Crippen molar-refractivity contribution in [2.45, 2.75) is 32.1 Å². The molecule has 17 heavy (non-hydrogen) atoms. The van der Waals surface area contributed by atoms with Gasteiger partial charge in [-0.2, -0.15) is 0 Å². The van der Waals surface area contributed by atoms with Gasteiger partial charge in [0, 0.05) is 15.9 Å². The number of hydrogen-bond acceptors (Lipinski definition) is 1. The first-order valence-electron chi connectivity index (χ1n) is 5.83. The largest absolute Gasteiger partial charge is 0.294 e. The molecule has 0 spiro atoms. The minimum Gasteiger partial charge on any atom is -0.294 e. The van der Waals surface area contributed by atoms with Crippen molar-refractivity contribution in [2.75, 3.05) is 0 Å². The van der Waals surface area contributed by atoms with Crippen LogP contribution in [0.25, 0.3) is 0 Å². The summed E-state index contributed by atoms with van der Waals surface area (Å²) in [5, 5.41) is 0.657. The second-order valence-corrected chi connectivity index (χ2v) is 5.63. The van der Waals surface area contributed by atoms with Crippen molar-refractivity contribution in [3.8, 4) is 0 Å². The summed E-state index contributed by atoms with van der Waals surface area (Å²) >= 11 is 9.47. The van der Waals surface area contributed by atoms with Gasteiger partial charge in [-0.05, 0) is 49.0 Å². The van der Waals surface area contributed by atoms with E-state index in [0.717, 1.165) is 34.9 Å². The van der Waals surface area contributed by atoms with Gasteiger partial charge in [0.25, 0.3) is 0 Å². The number of allylic oxidation sites excluding steroid dienone is 2. The van der Waals surface area contributed by atoms with E-state index in [9.17, 15) is 4.79 Å². The minimum absolute atomic E-state index is 0.217. The maximum atomic E-state index is 12.1. The Hall–Kier alpha value is -0.600. The van der Waals surface area contributed by atoms with Crippen LogP contribution in [0.1, 0.15) is 31.2 Å². The lowest BCUT2D eigenvalue weighted by Gasteiger charge is -2.12. The number of benzene rings is 1. The number of rotatable bonds is 3. The lowest BCUT2D eigenvalue weighted by molar-refractivity contribution is -0.115. The van der Waals surface area contributed by atoms with E-state index >= 15 is 0 Å². The van der Waals surface area contributed by atoms with E-state index < -0.39 is 0 Å². The molecule has 0 amide bonds. The number of hydrogen-bond donors (Lipinski definition) is 0. The Balaban J connectivity index is 2.10. The Labute approximate surface area is 115 Å². The van der Waals surface area contributed by atoms with Gasteiger partial charge in [0.1, 0.15) is 0 Å². The summed E-state index contributed by atoms with van der Waals surface area (Å²) < 4.78 is 0.940. The molecule has 0 bridgehead atoms. The first-order valence-corrected chi connectivity index (χ1v) is 7.00. The molecule has 2 rings (SSSR count). The fourth-order valence-corrected chi connectivity index (χ4v) is 2.78. The van der Waals surface area contributed by atoms with E-state index in [-0.39, 0.29) is 5.78 Å².